The van der Waals surface area contributed by atoms with Crippen LogP contribution in [0.4, 0.5) is 10.9 Å². The maximum absolute atomic E-state index is 12.3. The Bertz CT molecular complexity index is 651. The highest BCUT2D eigenvalue weighted by atomic mass is 32.1. The van der Waals surface area contributed by atoms with Gasteiger partial charge < -0.3 is 5.32 Å². The smallest absolute Gasteiger partial charge is 0.257 e. The molecule has 0 aliphatic heterocycles. The molecule has 0 aliphatic carbocycles. The standard InChI is InChI=1S/C15H20N4OS/c1-5-12-10(4)21-15(18-12)19-14(20)11-7-9(3)17-13(8-11)16-6-2/h7-8H,5-6H2,1-4H3,(H,16,17)(H,18,19,20). The first-order valence-corrected chi connectivity index (χ1v) is 7.85. The number of hydrogen-bond donors (Lipinski definition) is 2. The molecule has 6 heteroatoms. The maximum atomic E-state index is 12.3. The van der Waals surface area contributed by atoms with Crippen LogP contribution >= 0.6 is 11.3 Å². The second-order valence-electron chi connectivity index (χ2n) is 4.74. The van der Waals surface area contributed by atoms with Crippen molar-refractivity contribution >= 4 is 28.2 Å². The molecule has 2 aromatic rings. The second-order valence-corrected chi connectivity index (χ2v) is 5.95. The summed E-state index contributed by atoms with van der Waals surface area (Å²) >= 11 is 1.51. The molecule has 2 N–H and O–H groups in total. The molecule has 0 radical (unpaired) electrons. The van der Waals surface area contributed by atoms with E-state index >= 15 is 0 Å². The molecule has 1 amide bonds. The van der Waals surface area contributed by atoms with E-state index in [0.29, 0.717) is 16.5 Å². The third-order valence-corrected chi connectivity index (χ3v) is 3.95. The lowest BCUT2D eigenvalue weighted by molar-refractivity contribution is 0.102. The molecule has 0 spiro atoms. The number of carbonyl (C=O) groups excluding carboxylic acids is 1. The van der Waals surface area contributed by atoms with E-state index in [9.17, 15) is 4.79 Å². The second kappa shape index (κ2) is 6.67. The van der Waals surface area contributed by atoms with Gasteiger partial charge in [0.25, 0.3) is 5.91 Å². The van der Waals surface area contributed by atoms with Gasteiger partial charge in [-0.2, -0.15) is 0 Å². The van der Waals surface area contributed by atoms with Crippen LogP contribution in [0.2, 0.25) is 0 Å². The van der Waals surface area contributed by atoms with Crippen molar-refractivity contribution in [2.24, 2.45) is 0 Å². The lowest BCUT2D eigenvalue weighted by atomic mass is 10.2. The SMILES string of the molecule is CCNc1cc(C(=O)Nc2nc(CC)c(C)s2)cc(C)n1. The van der Waals surface area contributed by atoms with Gasteiger partial charge in [-0.1, -0.05) is 6.92 Å². The number of rotatable bonds is 5. The predicted molar refractivity (Wildman–Crippen MR) is 87.3 cm³/mol. The molecule has 0 fully saturated rings. The lowest BCUT2D eigenvalue weighted by Gasteiger charge is -2.07. The van der Waals surface area contributed by atoms with E-state index in [1.54, 1.807) is 12.1 Å². The summed E-state index contributed by atoms with van der Waals surface area (Å²) in [5.74, 6) is 0.559. The molecule has 0 unspecified atom stereocenters. The van der Waals surface area contributed by atoms with Crippen LogP contribution in [0.15, 0.2) is 12.1 Å². The highest BCUT2D eigenvalue weighted by Crippen LogP contribution is 2.23. The number of amides is 1. The van der Waals surface area contributed by atoms with Crippen LogP contribution in [0.25, 0.3) is 0 Å². The summed E-state index contributed by atoms with van der Waals surface area (Å²) < 4.78 is 0. The van der Waals surface area contributed by atoms with Crippen molar-refractivity contribution in [2.75, 3.05) is 17.2 Å². The first kappa shape index (κ1) is 15.4. The monoisotopic (exact) mass is 304 g/mol. The van der Waals surface area contributed by atoms with E-state index in [1.165, 1.54) is 11.3 Å². The zero-order chi connectivity index (χ0) is 15.4. The molecule has 0 saturated carbocycles. The van der Waals surface area contributed by atoms with Gasteiger partial charge in [0.2, 0.25) is 0 Å². The first-order chi connectivity index (χ1) is 10.0. The van der Waals surface area contributed by atoms with E-state index < -0.39 is 0 Å². The van der Waals surface area contributed by atoms with Gasteiger partial charge in [-0.15, -0.1) is 11.3 Å². The van der Waals surface area contributed by atoms with Crippen molar-refractivity contribution in [2.45, 2.75) is 34.1 Å². The van der Waals surface area contributed by atoms with Crippen LogP contribution in [0.3, 0.4) is 0 Å². The molecule has 0 atom stereocenters. The molecule has 2 aromatic heterocycles. The number of aryl methyl sites for hydroxylation is 3. The Hall–Kier alpha value is -1.95. The topological polar surface area (TPSA) is 66.9 Å². The molecule has 21 heavy (non-hydrogen) atoms. The zero-order valence-electron chi connectivity index (χ0n) is 12.8. The van der Waals surface area contributed by atoms with Gasteiger partial charge in [-0.25, -0.2) is 9.97 Å². The van der Waals surface area contributed by atoms with Gasteiger partial charge >= 0.3 is 0 Å². The molecule has 0 aliphatic rings. The molecule has 2 heterocycles. The summed E-state index contributed by atoms with van der Waals surface area (Å²) in [4.78, 5) is 22.2. The van der Waals surface area contributed by atoms with Gasteiger partial charge in [0.1, 0.15) is 5.82 Å². The molecule has 112 valence electrons. The van der Waals surface area contributed by atoms with Crippen molar-refractivity contribution in [3.05, 3.63) is 34.0 Å². The number of carbonyl (C=O) groups is 1. The van der Waals surface area contributed by atoms with Crippen molar-refractivity contribution < 1.29 is 4.79 Å². The van der Waals surface area contributed by atoms with E-state index in [0.717, 1.165) is 29.2 Å². The summed E-state index contributed by atoms with van der Waals surface area (Å²) in [6.45, 7) is 8.71. The Labute approximate surface area is 128 Å². The van der Waals surface area contributed by atoms with Gasteiger partial charge in [0.05, 0.1) is 5.69 Å². The Morgan fingerprint density at radius 1 is 1.24 bits per heavy atom. The van der Waals surface area contributed by atoms with E-state index in [4.69, 9.17) is 0 Å². The van der Waals surface area contributed by atoms with Crippen molar-refractivity contribution in [3.63, 3.8) is 0 Å². The number of aromatic nitrogens is 2. The number of hydrogen-bond acceptors (Lipinski definition) is 5. The minimum Gasteiger partial charge on any atom is -0.370 e. The Morgan fingerprint density at radius 2 is 2.00 bits per heavy atom. The Balaban J connectivity index is 2.19. The fourth-order valence-electron chi connectivity index (χ4n) is 2.05. The summed E-state index contributed by atoms with van der Waals surface area (Å²) in [5.41, 5.74) is 2.43. The van der Waals surface area contributed by atoms with Gasteiger partial charge in [-0.3, -0.25) is 10.1 Å². The molecular weight excluding hydrogens is 284 g/mol. The maximum Gasteiger partial charge on any atom is 0.257 e. The summed E-state index contributed by atoms with van der Waals surface area (Å²) in [6.07, 6.45) is 0.872. The van der Waals surface area contributed by atoms with E-state index in [-0.39, 0.29) is 5.91 Å². The summed E-state index contributed by atoms with van der Waals surface area (Å²) in [5, 5.41) is 6.64. The zero-order valence-corrected chi connectivity index (χ0v) is 13.6. The first-order valence-electron chi connectivity index (χ1n) is 7.03. The quantitative estimate of drug-likeness (QED) is 0.888. The van der Waals surface area contributed by atoms with Crippen LogP contribution in [-0.4, -0.2) is 22.4 Å². The average molecular weight is 304 g/mol. The van der Waals surface area contributed by atoms with Crippen LogP contribution in [0.5, 0.6) is 0 Å². The van der Waals surface area contributed by atoms with Gasteiger partial charge in [0, 0.05) is 22.7 Å². The normalized spacial score (nSPS) is 10.5. The number of nitrogens with one attached hydrogen (secondary N) is 2. The minimum atomic E-state index is -0.156. The van der Waals surface area contributed by atoms with Crippen LogP contribution < -0.4 is 10.6 Å². The van der Waals surface area contributed by atoms with Crippen LogP contribution in [0, 0.1) is 13.8 Å². The van der Waals surface area contributed by atoms with Crippen LogP contribution in [0.1, 0.15) is 40.5 Å². The van der Waals surface area contributed by atoms with Crippen molar-refractivity contribution in [1.29, 1.82) is 0 Å². The molecule has 2 rings (SSSR count). The Kier molecular flexibility index (Phi) is 4.90. The predicted octanol–water partition coefficient (Wildman–Crippen LogP) is 3.40. The summed E-state index contributed by atoms with van der Waals surface area (Å²) in [6, 6.07) is 3.53. The fraction of sp³-hybridized carbons (Fsp3) is 0.400. The lowest BCUT2D eigenvalue weighted by Crippen LogP contribution is -2.13. The van der Waals surface area contributed by atoms with Crippen LogP contribution in [-0.2, 0) is 6.42 Å². The molecular formula is C15H20N4OS. The molecule has 0 bridgehead atoms. The molecule has 0 saturated heterocycles. The number of anilines is 2. The third-order valence-electron chi connectivity index (χ3n) is 3.02. The fourth-order valence-corrected chi connectivity index (χ4v) is 2.95. The van der Waals surface area contributed by atoms with E-state index in [1.807, 2.05) is 20.8 Å². The van der Waals surface area contributed by atoms with Gasteiger partial charge in [-0.05, 0) is 39.3 Å². The highest BCUT2D eigenvalue weighted by molar-refractivity contribution is 7.15. The number of thiazole rings is 1. The third kappa shape index (κ3) is 3.78. The summed E-state index contributed by atoms with van der Waals surface area (Å²) in [7, 11) is 0. The molecule has 0 aromatic carbocycles. The average Bonchev–Trinajstić information content (AvgIpc) is 2.78. The number of nitrogens with zero attached hydrogens (tertiary/aromatic N) is 2. The largest absolute Gasteiger partial charge is 0.370 e. The number of pyridine rings is 1. The van der Waals surface area contributed by atoms with Crippen molar-refractivity contribution in [1.82, 2.24) is 9.97 Å². The minimum absolute atomic E-state index is 0.156. The van der Waals surface area contributed by atoms with Gasteiger partial charge in [0.15, 0.2) is 5.13 Å². The highest BCUT2D eigenvalue weighted by Gasteiger charge is 2.12. The molecule has 5 nitrogen and oxygen atoms in total. The van der Waals surface area contributed by atoms with Crippen molar-refractivity contribution in [3.8, 4) is 0 Å². The van der Waals surface area contributed by atoms with E-state index in [2.05, 4.69) is 27.5 Å². The Morgan fingerprint density at radius 3 is 2.62 bits per heavy atom.